The Morgan fingerprint density at radius 3 is 2.31 bits per heavy atom. The van der Waals surface area contributed by atoms with Crippen LogP contribution in [0.25, 0.3) is 22.5 Å². The van der Waals surface area contributed by atoms with Crippen molar-refractivity contribution in [1.82, 2.24) is 19.3 Å². The molecule has 1 aliphatic rings. The van der Waals surface area contributed by atoms with E-state index >= 15 is 0 Å². The van der Waals surface area contributed by atoms with E-state index in [0.717, 1.165) is 17.0 Å². The first-order chi connectivity index (χ1) is 14.2. The fraction of sp³-hybridized carbons (Fsp3) is 0.174. The maximum Gasteiger partial charge on any atom is 0.275 e. The molecule has 2 aromatic carbocycles. The van der Waals surface area contributed by atoms with Gasteiger partial charge in [0.05, 0.1) is 30.0 Å². The van der Waals surface area contributed by atoms with Gasteiger partial charge < -0.3 is 0 Å². The SMILES string of the molecule is CSc1nccc(-c2c(-c3ccc(C)cc3)c(=O)n3n2Cc2ccccc2C3)n1. The summed E-state index contributed by atoms with van der Waals surface area (Å²) in [5.41, 5.74) is 6.84. The monoisotopic (exact) mass is 400 g/mol. The molecule has 5 rings (SSSR count). The maximum absolute atomic E-state index is 13.6. The Balaban J connectivity index is 1.80. The number of rotatable bonds is 3. The minimum absolute atomic E-state index is 0.0164. The van der Waals surface area contributed by atoms with E-state index in [4.69, 9.17) is 4.98 Å². The molecule has 3 heterocycles. The van der Waals surface area contributed by atoms with E-state index in [-0.39, 0.29) is 5.56 Å². The first-order valence-corrected chi connectivity index (χ1v) is 10.7. The van der Waals surface area contributed by atoms with Crippen LogP contribution in [-0.4, -0.2) is 25.6 Å². The van der Waals surface area contributed by atoms with Crippen molar-refractivity contribution in [3.63, 3.8) is 0 Å². The van der Waals surface area contributed by atoms with E-state index in [1.807, 2.05) is 60.3 Å². The molecule has 0 spiro atoms. The number of nitrogens with zero attached hydrogens (tertiary/aromatic N) is 4. The van der Waals surface area contributed by atoms with Crippen LogP contribution in [0.5, 0.6) is 0 Å². The molecule has 29 heavy (non-hydrogen) atoms. The van der Waals surface area contributed by atoms with Crippen LogP contribution >= 0.6 is 11.8 Å². The predicted molar refractivity (Wildman–Crippen MR) is 116 cm³/mol. The third-order valence-electron chi connectivity index (χ3n) is 5.39. The van der Waals surface area contributed by atoms with Crippen LogP contribution in [-0.2, 0) is 13.1 Å². The summed E-state index contributed by atoms with van der Waals surface area (Å²) in [5.74, 6) is 0. The van der Waals surface area contributed by atoms with Gasteiger partial charge >= 0.3 is 0 Å². The molecule has 0 unspecified atom stereocenters. The summed E-state index contributed by atoms with van der Waals surface area (Å²) in [7, 11) is 0. The molecule has 6 heteroatoms. The second-order valence-corrected chi connectivity index (χ2v) is 7.98. The van der Waals surface area contributed by atoms with Crippen LogP contribution in [0.15, 0.2) is 70.7 Å². The summed E-state index contributed by atoms with van der Waals surface area (Å²) >= 11 is 1.50. The Labute approximate surface area is 173 Å². The van der Waals surface area contributed by atoms with Crippen LogP contribution in [0, 0.1) is 6.92 Å². The number of thioether (sulfide) groups is 1. The summed E-state index contributed by atoms with van der Waals surface area (Å²) in [6.45, 7) is 3.26. The van der Waals surface area contributed by atoms with Crippen molar-refractivity contribution >= 4 is 11.8 Å². The molecule has 0 saturated carbocycles. The molecular weight excluding hydrogens is 380 g/mol. The summed E-state index contributed by atoms with van der Waals surface area (Å²) in [6, 6.07) is 18.3. The largest absolute Gasteiger partial charge is 0.275 e. The average Bonchev–Trinajstić information content (AvgIpc) is 3.04. The van der Waals surface area contributed by atoms with Crippen molar-refractivity contribution in [3.8, 4) is 22.5 Å². The highest BCUT2D eigenvalue weighted by molar-refractivity contribution is 7.98. The maximum atomic E-state index is 13.6. The minimum Gasteiger partial charge on any atom is -0.275 e. The first kappa shape index (κ1) is 17.9. The van der Waals surface area contributed by atoms with Gasteiger partial charge in [0.25, 0.3) is 5.56 Å². The predicted octanol–water partition coefficient (Wildman–Crippen LogP) is 4.21. The molecule has 0 radical (unpaired) electrons. The van der Waals surface area contributed by atoms with Crippen LogP contribution < -0.4 is 5.56 Å². The number of aromatic nitrogens is 4. The lowest BCUT2D eigenvalue weighted by molar-refractivity contribution is 0.476. The Morgan fingerprint density at radius 1 is 0.931 bits per heavy atom. The van der Waals surface area contributed by atoms with Gasteiger partial charge in [-0.3, -0.25) is 9.48 Å². The zero-order chi connectivity index (χ0) is 20.0. The van der Waals surface area contributed by atoms with Crippen LogP contribution in [0.4, 0.5) is 0 Å². The number of aryl methyl sites for hydroxylation is 1. The topological polar surface area (TPSA) is 52.7 Å². The van der Waals surface area contributed by atoms with Gasteiger partial charge in [0.2, 0.25) is 0 Å². The Kier molecular flexibility index (Phi) is 4.36. The Bertz CT molecular complexity index is 1270. The van der Waals surface area contributed by atoms with Gasteiger partial charge in [0.15, 0.2) is 5.16 Å². The molecule has 0 aliphatic carbocycles. The summed E-state index contributed by atoms with van der Waals surface area (Å²) in [5, 5.41) is 0.696. The summed E-state index contributed by atoms with van der Waals surface area (Å²) in [4.78, 5) is 22.6. The third-order valence-corrected chi connectivity index (χ3v) is 5.95. The highest BCUT2D eigenvalue weighted by Crippen LogP contribution is 2.33. The van der Waals surface area contributed by atoms with Crippen molar-refractivity contribution in [1.29, 1.82) is 0 Å². The molecule has 0 bridgehead atoms. The molecule has 0 saturated heterocycles. The van der Waals surface area contributed by atoms with E-state index in [9.17, 15) is 4.79 Å². The van der Waals surface area contributed by atoms with E-state index in [1.165, 1.54) is 28.5 Å². The molecule has 0 amide bonds. The molecule has 4 aromatic rings. The lowest BCUT2D eigenvalue weighted by atomic mass is 10.0. The van der Waals surface area contributed by atoms with Gasteiger partial charge in [0, 0.05) is 6.20 Å². The fourth-order valence-corrected chi connectivity index (χ4v) is 4.27. The highest BCUT2D eigenvalue weighted by Gasteiger charge is 2.27. The normalized spacial score (nSPS) is 12.5. The first-order valence-electron chi connectivity index (χ1n) is 9.50. The van der Waals surface area contributed by atoms with Crippen molar-refractivity contribution < 1.29 is 0 Å². The van der Waals surface area contributed by atoms with Crippen molar-refractivity contribution in [2.45, 2.75) is 25.2 Å². The molecular formula is C23H20N4OS. The van der Waals surface area contributed by atoms with Crippen molar-refractivity contribution in [3.05, 3.63) is 87.8 Å². The van der Waals surface area contributed by atoms with Gasteiger partial charge in [-0.1, -0.05) is 65.9 Å². The molecule has 2 aromatic heterocycles. The highest BCUT2D eigenvalue weighted by atomic mass is 32.2. The number of benzene rings is 2. The Hall–Kier alpha value is -3.12. The second kappa shape index (κ2) is 7.04. The second-order valence-electron chi connectivity index (χ2n) is 7.21. The smallest absolute Gasteiger partial charge is 0.275 e. The number of hydrogen-bond donors (Lipinski definition) is 0. The van der Waals surface area contributed by atoms with Crippen LogP contribution in [0.1, 0.15) is 16.7 Å². The lowest BCUT2D eigenvalue weighted by Crippen LogP contribution is -2.29. The van der Waals surface area contributed by atoms with Crippen LogP contribution in [0.3, 0.4) is 0 Å². The van der Waals surface area contributed by atoms with Crippen LogP contribution in [0.2, 0.25) is 0 Å². The number of hydrogen-bond acceptors (Lipinski definition) is 4. The van der Waals surface area contributed by atoms with E-state index in [1.54, 1.807) is 6.20 Å². The molecule has 0 fully saturated rings. The van der Waals surface area contributed by atoms with E-state index in [0.29, 0.717) is 23.8 Å². The molecule has 0 N–H and O–H groups in total. The molecule has 0 atom stereocenters. The minimum atomic E-state index is 0.0164. The summed E-state index contributed by atoms with van der Waals surface area (Å²) < 4.78 is 3.92. The molecule has 1 aliphatic heterocycles. The standard InChI is InChI=1S/C23H20N4OS/c1-15-7-9-16(10-8-15)20-21(19-11-12-24-23(25-19)29-2)26-13-17-5-3-4-6-18(17)14-27(26)22(20)28/h3-12H,13-14H2,1-2H3. The molecule has 5 nitrogen and oxygen atoms in total. The van der Waals surface area contributed by atoms with Crippen molar-refractivity contribution in [2.24, 2.45) is 0 Å². The third kappa shape index (κ3) is 3.00. The zero-order valence-electron chi connectivity index (χ0n) is 16.3. The molecule has 144 valence electrons. The van der Waals surface area contributed by atoms with Gasteiger partial charge in [-0.05, 0) is 35.9 Å². The van der Waals surface area contributed by atoms with E-state index in [2.05, 4.69) is 21.8 Å². The van der Waals surface area contributed by atoms with Gasteiger partial charge in [-0.15, -0.1) is 0 Å². The van der Waals surface area contributed by atoms with Crippen molar-refractivity contribution in [2.75, 3.05) is 6.26 Å². The van der Waals surface area contributed by atoms with Gasteiger partial charge in [-0.25, -0.2) is 14.6 Å². The number of fused-ring (bicyclic) bond motifs is 2. The average molecular weight is 401 g/mol. The quantitative estimate of drug-likeness (QED) is 0.336. The van der Waals surface area contributed by atoms with E-state index < -0.39 is 0 Å². The summed E-state index contributed by atoms with van der Waals surface area (Å²) in [6.07, 6.45) is 3.72. The Morgan fingerprint density at radius 2 is 1.62 bits per heavy atom. The lowest BCUT2D eigenvalue weighted by Gasteiger charge is -2.22. The fourth-order valence-electron chi connectivity index (χ4n) is 3.91. The van der Waals surface area contributed by atoms with Gasteiger partial charge in [-0.2, -0.15) is 0 Å². The zero-order valence-corrected chi connectivity index (χ0v) is 17.1. The van der Waals surface area contributed by atoms with Gasteiger partial charge in [0.1, 0.15) is 0 Å².